The molecule has 1 aliphatic heterocycles. The number of nitrogens with one attached hydrogen (secondary N) is 1. The summed E-state index contributed by atoms with van der Waals surface area (Å²) < 4.78 is 5.04. The molecule has 152 valence electrons. The molecular formula is C22H23ClN2O4. The van der Waals surface area contributed by atoms with Gasteiger partial charge in [0, 0.05) is 36.6 Å². The monoisotopic (exact) mass is 414 g/mol. The molecule has 6 nitrogen and oxygen atoms in total. The largest absolute Gasteiger partial charge is 0.427 e. The number of carbonyl (C=O) groups excluding carboxylic acids is 3. The van der Waals surface area contributed by atoms with E-state index in [1.807, 2.05) is 12.1 Å². The van der Waals surface area contributed by atoms with E-state index in [1.165, 1.54) is 6.92 Å². The smallest absolute Gasteiger partial charge is 0.308 e. The van der Waals surface area contributed by atoms with Crippen molar-refractivity contribution in [3.8, 4) is 5.75 Å². The lowest BCUT2D eigenvalue weighted by atomic mass is 10.0. The zero-order valence-corrected chi connectivity index (χ0v) is 16.9. The van der Waals surface area contributed by atoms with Crippen molar-refractivity contribution in [3.05, 3.63) is 64.7 Å². The summed E-state index contributed by atoms with van der Waals surface area (Å²) in [5.74, 6) is -0.214. The molecule has 1 saturated heterocycles. The third-order valence-corrected chi connectivity index (χ3v) is 5.02. The second-order valence-corrected chi connectivity index (χ2v) is 7.50. The van der Waals surface area contributed by atoms with Gasteiger partial charge in [-0.2, -0.15) is 0 Å². The summed E-state index contributed by atoms with van der Waals surface area (Å²) in [6, 6.07) is 13.9. The van der Waals surface area contributed by atoms with Crippen molar-refractivity contribution in [2.75, 3.05) is 13.1 Å². The summed E-state index contributed by atoms with van der Waals surface area (Å²) in [6.45, 7) is 2.44. The van der Waals surface area contributed by atoms with Crippen LogP contribution >= 0.6 is 11.6 Å². The number of amides is 2. The van der Waals surface area contributed by atoms with Crippen molar-refractivity contribution < 1.29 is 19.1 Å². The van der Waals surface area contributed by atoms with Gasteiger partial charge < -0.3 is 15.0 Å². The van der Waals surface area contributed by atoms with E-state index < -0.39 is 5.97 Å². The van der Waals surface area contributed by atoms with Crippen LogP contribution in [0.15, 0.2) is 48.5 Å². The van der Waals surface area contributed by atoms with Crippen LogP contribution in [0, 0.1) is 0 Å². The van der Waals surface area contributed by atoms with Crippen LogP contribution in [-0.2, 0) is 16.0 Å². The number of halogens is 1. The standard InChI is InChI=1S/C22H23ClN2O4/c1-15(26)29-20-4-2-3-17(14-20)22(28)25-11-9-19(10-12-25)24-21(27)13-16-5-7-18(23)8-6-16/h2-8,14,19H,9-13H2,1H3,(H,24,27). The average molecular weight is 415 g/mol. The van der Waals surface area contributed by atoms with Crippen LogP contribution in [0.4, 0.5) is 0 Å². The van der Waals surface area contributed by atoms with Gasteiger partial charge in [-0.1, -0.05) is 29.8 Å². The predicted octanol–water partition coefficient (Wildman–Crippen LogP) is 3.23. The third-order valence-electron chi connectivity index (χ3n) is 4.77. The molecule has 0 atom stereocenters. The Morgan fingerprint density at radius 3 is 2.45 bits per heavy atom. The van der Waals surface area contributed by atoms with E-state index in [-0.39, 0.29) is 17.9 Å². The van der Waals surface area contributed by atoms with Gasteiger partial charge in [-0.15, -0.1) is 0 Å². The minimum atomic E-state index is -0.426. The van der Waals surface area contributed by atoms with E-state index in [9.17, 15) is 14.4 Å². The van der Waals surface area contributed by atoms with Gasteiger partial charge >= 0.3 is 5.97 Å². The van der Waals surface area contributed by atoms with E-state index >= 15 is 0 Å². The first-order valence-electron chi connectivity index (χ1n) is 9.52. The average Bonchev–Trinajstić information content (AvgIpc) is 2.69. The van der Waals surface area contributed by atoms with Gasteiger partial charge in [-0.05, 0) is 48.7 Å². The normalized spacial score (nSPS) is 14.3. The lowest BCUT2D eigenvalue weighted by Gasteiger charge is -2.32. The molecule has 0 saturated carbocycles. The Morgan fingerprint density at radius 1 is 1.10 bits per heavy atom. The Balaban J connectivity index is 1.49. The van der Waals surface area contributed by atoms with E-state index in [2.05, 4.69) is 5.32 Å². The quantitative estimate of drug-likeness (QED) is 0.602. The fraction of sp³-hybridized carbons (Fsp3) is 0.318. The molecule has 0 spiro atoms. The Morgan fingerprint density at radius 2 is 1.79 bits per heavy atom. The topological polar surface area (TPSA) is 75.7 Å². The predicted molar refractivity (Wildman–Crippen MR) is 110 cm³/mol. The van der Waals surface area contributed by atoms with Gasteiger partial charge in [-0.3, -0.25) is 14.4 Å². The first kappa shape index (κ1) is 20.9. The van der Waals surface area contributed by atoms with Gasteiger partial charge in [0.05, 0.1) is 6.42 Å². The molecule has 1 N–H and O–H groups in total. The van der Waals surface area contributed by atoms with Gasteiger partial charge in [0.1, 0.15) is 5.75 Å². The van der Waals surface area contributed by atoms with E-state index in [1.54, 1.807) is 41.3 Å². The van der Waals surface area contributed by atoms with Crippen molar-refractivity contribution >= 4 is 29.4 Å². The maximum atomic E-state index is 12.7. The minimum absolute atomic E-state index is 0.0359. The molecular weight excluding hydrogens is 392 g/mol. The summed E-state index contributed by atoms with van der Waals surface area (Å²) in [4.78, 5) is 37.8. The molecule has 2 aromatic rings. The summed E-state index contributed by atoms with van der Waals surface area (Å²) in [5.41, 5.74) is 1.39. The Hall–Kier alpha value is -2.86. The highest BCUT2D eigenvalue weighted by Gasteiger charge is 2.25. The molecule has 29 heavy (non-hydrogen) atoms. The maximum Gasteiger partial charge on any atom is 0.308 e. The number of rotatable bonds is 5. The molecule has 1 aliphatic rings. The molecule has 7 heteroatoms. The zero-order valence-electron chi connectivity index (χ0n) is 16.2. The summed E-state index contributed by atoms with van der Waals surface area (Å²) in [5, 5.41) is 3.69. The highest BCUT2D eigenvalue weighted by molar-refractivity contribution is 6.30. The first-order valence-corrected chi connectivity index (χ1v) is 9.90. The number of ether oxygens (including phenoxy) is 1. The molecule has 2 amide bonds. The Bertz CT molecular complexity index is 890. The van der Waals surface area contributed by atoms with Crippen LogP contribution in [0.25, 0.3) is 0 Å². The van der Waals surface area contributed by atoms with Crippen molar-refractivity contribution in [1.29, 1.82) is 0 Å². The van der Waals surface area contributed by atoms with Crippen LogP contribution in [0.1, 0.15) is 35.7 Å². The zero-order chi connectivity index (χ0) is 20.8. The number of hydrogen-bond acceptors (Lipinski definition) is 4. The summed E-state index contributed by atoms with van der Waals surface area (Å²) in [6.07, 6.45) is 1.70. The lowest BCUT2D eigenvalue weighted by molar-refractivity contribution is -0.131. The summed E-state index contributed by atoms with van der Waals surface area (Å²) in [7, 11) is 0. The van der Waals surface area contributed by atoms with Crippen molar-refractivity contribution in [1.82, 2.24) is 10.2 Å². The van der Waals surface area contributed by atoms with Crippen LogP contribution in [0.2, 0.25) is 5.02 Å². The Labute approximate surface area is 174 Å². The van der Waals surface area contributed by atoms with Crippen molar-refractivity contribution in [3.63, 3.8) is 0 Å². The molecule has 0 aromatic heterocycles. The fourth-order valence-electron chi connectivity index (χ4n) is 3.33. The Kier molecular flexibility index (Phi) is 6.88. The lowest BCUT2D eigenvalue weighted by Crippen LogP contribution is -2.46. The van der Waals surface area contributed by atoms with Crippen molar-refractivity contribution in [2.24, 2.45) is 0 Å². The van der Waals surface area contributed by atoms with E-state index in [0.29, 0.717) is 48.7 Å². The molecule has 2 aromatic carbocycles. The molecule has 3 rings (SSSR count). The number of piperidine rings is 1. The van der Waals surface area contributed by atoms with Gasteiger partial charge in [0.15, 0.2) is 0 Å². The van der Waals surface area contributed by atoms with Crippen LogP contribution in [0.3, 0.4) is 0 Å². The highest BCUT2D eigenvalue weighted by Crippen LogP contribution is 2.18. The number of esters is 1. The van der Waals surface area contributed by atoms with Crippen LogP contribution < -0.4 is 10.1 Å². The molecule has 0 radical (unpaired) electrons. The number of likely N-dealkylation sites (tertiary alicyclic amines) is 1. The molecule has 0 bridgehead atoms. The van der Waals surface area contributed by atoms with Crippen LogP contribution in [0.5, 0.6) is 5.75 Å². The van der Waals surface area contributed by atoms with E-state index in [0.717, 1.165) is 5.56 Å². The molecule has 1 fully saturated rings. The fourth-order valence-corrected chi connectivity index (χ4v) is 3.46. The van der Waals surface area contributed by atoms with Gasteiger partial charge in [0.2, 0.25) is 5.91 Å². The highest BCUT2D eigenvalue weighted by atomic mass is 35.5. The van der Waals surface area contributed by atoms with Crippen LogP contribution in [-0.4, -0.2) is 41.8 Å². The number of hydrogen-bond donors (Lipinski definition) is 1. The maximum absolute atomic E-state index is 12.7. The number of nitrogens with zero attached hydrogens (tertiary/aromatic N) is 1. The summed E-state index contributed by atoms with van der Waals surface area (Å²) >= 11 is 5.86. The molecule has 0 unspecified atom stereocenters. The second kappa shape index (κ2) is 9.56. The van der Waals surface area contributed by atoms with Gasteiger partial charge in [0.25, 0.3) is 5.91 Å². The SMILES string of the molecule is CC(=O)Oc1cccc(C(=O)N2CCC(NC(=O)Cc3ccc(Cl)cc3)CC2)c1. The molecule has 0 aliphatic carbocycles. The second-order valence-electron chi connectivity index (χ2n) is 7.06. The van der Waals surface area contributed by atoms with Gasteiger partial charge in [-0.25, -0.2) is 0 Å². The van der Waals surface area contributed by atoms with Crippen molar-refractivity contribution in [2.45, 2.75) is 32.2 Å². The number of carbonyl (C=O) groups is 3. The van der Waals surface area contributed by atoms with E-state index in [4.69, 9.17) is 16.3 Å². The minimum Gasteiger partial charge on any atom is -0.427 e. The molecule has 1 heterocycles. The first-order chi connectivity index (χ1) is 13.9. The number of benzene rings is 2. The third kappa shape index (κ3) is 6.06.